The quantitative estimate of drug-likeness (QED) is 0.666. The minimum Gasteiger partial charge on any atom is -0.294 e. The molecule has 1 nitrogen and oxygen atoms in total. The van der Waals surface area contributed by atoms with Crippen LogP contribution in [0.5, 0.6) is 0 Å². The standard InChI is InChI=1S/C18H31N/c1-13-8-16-6-3-7-17(9-13)19(16)18-11-14-4-2-5-15(10-14)12-18/h13-18H,2-12H2,1H3/t13?,14-,15+,16-,17+,18?. The summed E-state index contributed by atoms with van der Waals surface area (Å²) >= 11 is 0. The molecule has 0 spiro atoms. The van der Waals surface area contributed by atoms with E-state index in [0.717, 1.165) is 35.9 Å². The molecule has 2 saturated carbocycles. The maximum absolute atomic E-state index is 3.06. The van der Waals surface area contributed by atoms with E-state index in [2.05, 4.69) is 11.8 Å². The summed E-state index contributed by atoms with van der Waals surface area (Å²) in [5, 5.41) is 0. The predicted molar refractivity (Wildman–Crippen MR) is 80.1 cm³/mol. The van der Waals surface area contributed by atoms with E-state index < -0.39 is 0 Å². The van der Waals surface area contributed by atoms with Gasteiger partial charge in [0.2, 0.25) is 0 Å². The first kappa shape index (κ1) is 12.7. The Morgan fingerprint density at radius 3 is 1.84 bits per heavy atom. The lowest BCUT2D eigenvalue weighted by molar-refractivity contribution is -0.0485. The van der Waals surface area contributed by atoms with Crippen LogP contribution < -0.4 is 0 Å². The molecule has 0 aromatic rings. The van der Waals surface area contributed by atoms with Crippen LogP contribution in [0.4, 0.5) is 0 Å². The van der Waals surface area contributed by atoms with Crippen molar-refractivity contribution in [2.24, 2.45) is 17.8 Å². The maximum atomic E-state index is 3.06. The van der Waals surface area contributed by atoms with Crippen LogP contribution in [0.1, 0.15) is 77.6 Å². The first-order valence-corrected chi connectivity index (χ1v) is 9.07. The van der Waals surface area contributed by atoms with Crippen molar-refractivity contribution in [3.05, 3.63) is 0 Å². The SMILES string of the molecule is CC1C[C@H]2CCC[C@@H](C1)N2C1C[C@H]2CCC[C@@H](C1)C2. The van der Waals surface area contributed by atoms with Crippen LogP contribution in [0, 0.1) is 17.8 Å². The Balaban J connectivity index is 1.51. The van der Waals surface area contributed by atoms with Gasteiger partial charge in [-0.1, -0.05) is 32.6 Å². The molecule has 6 atom stereocenters. The molecule has 0 amide bonds. The number of fused-ring (bicyclic) bond motifs is 4. The van der Waals surface area contributed by atoms with Crippen molar-refractivity contribution >= 4 is 0 Å². The monoisotopic (exact) mass is 261 g/mol. The second-order valence-electron chi connectivity index (χ2n) is 8.29. The molecular weight excluding hydrogens is 230 g/mol. The Labute approximate surface area is 119 Å². The van der Waals surface area contributed by atoms with Gasteiger partial charge in [-0.05, 0) is 62.7 Å². The van der Waals surface area contributed by atoms with E-state index in [1.165, 1.54) is 38.5 Å². The van der Waals surface area contributed by atoms with E-state index in [-0.39, 0.29) is 0 Å². The number of hydrogen-bond acceptors (Lipinski definition) is 1. The number of nitrogens with zero attached hydrogens (tertiary/aromatic N) is 1. The smallest absolute Gasteiger partial charge is 0.0106 e. The van der Waals surface area contributed by atoms with Gasteiger partial charge >= 0.3 is 0 Å². The van der Waals surface area contributed by atoms with Crippen molar-refractivity contribution in [2.45, 2.75) is 95.7 Å². The summed E-state index contributed by atoms with van der Waals surface area (Å²) < 4.78 is 0. The maximum Gasteiger partial charge on any atom is 0.0106 e. The predicted octanol–water partition coefficient (Wildman–Crippen LogP) is 4.61. The summed E-state index contributed by atoms with van der Waals surface area (Å²) in [5.74, 6) is 3.18. The largest absolute Gasteiger partial charge is 0.294 e. The minimum absolute atomic E-state index is 0.964. The Bertz CT molecular complexity index is 300. The van der Waals surface area contributed by atoms with Gasteiger partial charge in [0.05, 0.1) is 0 Å². The van der Waals surface area contributed by atoms with Crippen LogP contribution >= 0.6 is 0 Å². The zero-order valence-corrected chi connectivity index (χ0v) is 12.7. The van der Waals surface area contributed by atoms with Gasteiger partial charge in [-0.15, -0.1) is 0 Å². The summed E-state index contributed by atoms with van der Waals surface area (Å²) in [6.07, 6.45) is 16.8. The van der Waals surface area contributed by atoms with Crippen molar-refractivity contribution in [1.82, 2.24) is 4.90 Å². The van der Waals surface area contributed by atoms with Gasteiger partial charge in [0.25, 0.3) is 0 Å². The summed E-state index contributed by atoms with van der Waals surface area (Å²) in [6.45, 7) is 2.50. The molecule has 0 radical (unpaired) electrons. The number of rotatable bonds is 1. The molecule has 19 heavy (non-hydrogen) atoms. The molecule has 0 aromatic carbocycles. The van der Waals surface area contributed by atoms with E-state index in [1.54, 1.807) is 32.1 Å². The van der Waals surface area contributed by atoms with Crippen LogP contribution in [0.25, 0.3) is 0 Å². The van der Waals surface area contributed by atoms with Crippen molar-refractivity contribution in [1.29, 1.82) is 0 Å². The molecule has 2 saturated heterocycles. The fourth-order valence-electron chi connectivity index (χ4n) is 6.23. The highest BCUT2D eigenvalue weighted by Crippen LogP contribution is 2.46. The third kappa shape index (κ3) is 2.37. The molecule has 4 rings (SSSR count). The first-order valence-electron chi connectivity index (χ1n) is 9.07. The highest BCUT2D eigenvalue weighted by Gasteiger charge is 2.43. The van der Waals surface area contributed by atoms with E-state index in [0.29, 0.717) is 0 Å². The normalized spacial score (nSPS) is 51.0. The lowest BCUT2D eigenvalue weighted by atomic mass is 9.68. The second-order valence-corrected chi connectivity index (χ2v) is 8.29. The van der Waals surface area contributed by atoms with Gasteiger partial charge in [0.15, 0.2) is 0 Å². The summed E-state index contributed by atoms with van der Waals surface area (Å²) in [5.41, 5.74) is 0. The third-order valence-corrected chi connectivity index (χ3v) is 6.79. The van der Waals surface area contributed by atoms with Gasteiger partial charge in [0.1, 0.15) is 0 Å². The number of piperidine rings is 2. The lowest BCUT2D eigenvalue weighted by Crippen LogP contribution is -2.57. The first-order chi connectivity index (χ1) is 9.29. The molecule has 2 aliphatic carbocycles. The van der Waals surface area contributed by atoms with Crippen molar-refractivity contribution in [2.75, 3.05) is 0 Å². The highest BCUT2D eigenvalue weighted by atomic mass is 15.2. The second kappa shape index (κ2) is 5.06. The van der Waals surface area contributed by atoms with Gasteiger partial charge in [0, 0.05) is 18.1 Å². The van der Waals surface area contributed by atoms with Crippen molar-refractivity contribution in [3.8, 4) is 0 Å². The van der Waals surface area contributed by atoms with E-state index in [9.17, 15) is 0 Å². The van der Waals surface area contributed by atoms with Gasteiger partial charge < -0.3 is 0 Å². The molecule has 2 heterocycles. The molecule has 108 valence electrons. The fraction of sp³-hybridized carbons (Fsp3) is 1.00. The van der Waals surface area contributed by atoms with Crippen LogP contribution in [0.3, 0.4) is 0 Å². The topological polar surface area (TPSA) is 3.24 Å². The van der Waals surface area contributed by atoms with Gasteiger partial charge in [-0.25, -0.2) is 0 Å². The Kier molecular flexibility index (Phi) is 3.38. The highest BCUT2D eigenvalue weighted by molar-refractivity contribution is 4.98. The molecule has 4 aliphatic rings. The minimum atomic E-state index is 0.964. The summed E-state index contributed by atoms with van der Waals surface area (Å²) in [4.78, 5) is 3.06. The van der Waals surface area contributed by atoms with Crippen molar-refractivity contribution in [3.63, 3.8) is 0 Å². The fourth-order valence-corrected chi connectivity index (χ4v) is 6.23. The van der Waals surface area contributed by atoms with Crippen LogP contribution in [-0.2, 0) is 0 Å². The zero-order valence-electron chi connectivity index (χ0n) is 12.7. The molecule has 1 heteroatoms. The Morgan fingerprint density at radius 2 is 1.21 bits per heavy atom. The lowest BCUT2D eigenvalue weighted by Gasteiger charge is -2.55. The zero-order chi connectivity index (χ0) is 12.8. The molecule has 0 aromatic heterocycles. The van der Waals surface area contributed by atoms with Gasteiger partial charge in [-0.3, -0.25) is 4.90 Å². The van der Waals surface area contributed by atoms with Crippen molar-refractivity contribution < 1.29 is 0 Å². The molecule has 4 bridgehead atoms. The molecule has 0 N–H and O–H groups in total. The molecule has 2 aliphatic heterocycles. The Hall–Kier alpha value is -0.0400. The Morgan fingerprint density at radius 1 is 0.632 bits per heavy atom. The number of hydrogen-bond donors (Lipinski definition) is 0. The average molecular weight is 261 g/mol. The van der Waals surface area contributed by atoms with Crippen LogP contribution in [-0.4, -0.2) is 23.0 Å². The van der Waals surface area contributed by atoms with Gasteiger partial charge in [-0.2, -0.15) is 0 Å². The third-order valence-electron chi connectivity index (χ3n) is 6.79. The summed E-state index contributed by atoms with van der Waals surface area (Å²) in [6, 6.07) is 2.91. The van der Waals surface area contributed by atoms with E-state index in [1.807, 2.05) is 0 Å². The molecule has 4 fully saturated rings. The molecular formula is C18H31N. The summed E-state index contributed by atoms with van der Waals surface area (Å²) in [7, 11) is 0. The van der Waals surface area contributed by atoms with Crippen LogP contribution in [0.15, 0.2) is 0 Å². The van der Waals surface area contributed by atoms with Crippen LogP contribution in [0.2, 0.25) is 0 Å². The molecule has 2 unspecified atom stereocenters. The van der Waals surface area contributed by atoms with E-state index in [4.69, 9.17) is 0 Å². The van der Waals surface area contributed by atoms with E-state index >= 15 is 0 Å². The average Bonchev–Trinajstić information content (AvgIpc) is 2.37.